The van der Waals surface area contributed by atoms with Crippen molar-refractivity contribution >= 4 is 57.2 Å². The summed E-state index contributed by atoms with van der Waals surface area (Å²) in [5, 5.41) is 2.50. The highest BCUT2D eigenvalue weighted by Crippen LogP contribution is 2.47. The van der Waals surface area contributed by atoms with Crippen LogP contribution in [0.3, 0.4) is 0 Å². The number of ether oxygens (including phenoxy) is 1. The van der Waals surface area contributed by atoms with E-state index in [1.165, 1.54) is 42.0 Å². The van der Waals surface area contributed by atoms with Gasteiger partial charge >= 0.3 is 0 Å². The summed E-state index contributed by atoms with van der Waals surface area (Å²) in [5.74, 6) is 0.895. The number of aryl methyl sites for hydroxylation is 1. The molecule has 0 unspecified atom stereocenters. The Balaban J connectivity index is 0.00000304. The number of anilines is 1. The highest BCUT2D eigenvalue weighted by Gasteiger charge is 2.24. The number of hydrogen-bond acceptors (Lipinski definition) is 4. The van der Waals surface area contributed by atoms with E-state index in [-0.39, 0.29) is 24.0 Å². The Morgan fingerprint density at radius 3 is 2.47 bits per heavy atom. The Hall–Kier alpha value is -2.55. The predicted molar refractivity (Wildman–Crippen MR) is 152 cm³/mol. The number of nitrogens with zero attached hydrogens (tertiary/aromatic N) is 2. The van der Waals surface area contributed by atoms with Crippen LogP contribution in [0.25, 0.3) is 28.4 Å². The van der Waals surface area contributed by atoms with E-state index in [4.69, 9.17) is 4.74 Å². The van der Waals surface area contributed by atoms with Crippen molar-refractivity contribution < 1.29 is 33.3 Å². The quantitative estimate of drug-likeness (QED) is 0.166. The third-order valence-corrected chi connectivity index (χ3v) is 8.31. The van der Waals surface area contributed by atoms with E-state index in [1.54, 1.807) is 7.11 Å². The van der Waals surface area contributed by atoms with Gasteiger partial charge in [0, 0.05) is 29.6 Å². The average Bonchev–Trinajstić information content (AvgIpc) is 3.43. The van der Waals surface area contributed by atoms with Gasteiger partial charge in [-0.2, -0.15) is 4.57 Å². The van der Waals surface area contributed by atoms with Gasteiger partial charge in [-0.15, -0.1) is 0 Å². The molecule has 0 N–H and O–H groups in total. The molecule has 6 heteroatoms. The molecule has 5 rings (SSSR count). The first-order chi connectivity index (χ1) is 17.2. The molecule has 3 aromatic carbocycles. The second kappa shape index (κ2) is 12.1. The molecule has 0 aliphatic carbocycles. The molecule has 1 aliphatic rings. The minimum absolute atomic E-state index is 0. The van der Waals surface area contributed by atoms with Crippen molar-refractivity contribution in [2.75, 3.05) is 18.6 Å². The number of hydrogen-bond donors (Lipinski definition) is 0. The van der Waals surface area contributed by atoms with Gasteiger partial charge in [-0.05, 0) is 55.3 Å². The molecule has 0 spiro atoms. The number of aromatic nitrogens is 1. The predicted octanol–water partition coefficient (Wildman–Crippen LogP) is 4.88. The lowest BCUT2D eigenvalue weighted by Crippen LogP contribution is -3.00. The van der Waals surface area contributed by atoms with Gasteiger partial charge < -0.3 is 33.6 Å². The molecule has 1 aliphatic heterocycles. The van der Waals surface area contributed by atoms with Crippen LogP contribution in [0.4, 0.5) is 5.69 Å². The van der Waals surface area contributed by atoms with Gasteiger partial charge in [-0.1, -0.05) is 71.7 Å². The van der Waals surface area contributed by atoms with Crippen molar-refractivity contribution in [2.45, 2.75) is 25.3 Å². The summed E-state index contributed by atoms with van der Waals surface area (Å²) in [6.07, 6.45) is 11.0. The van der Waals surface area contributed by atoms with Gasteiger partial charge in [-0.25, -0.2) is 0 Å². The van der Waals surface area contributed by atoms with Gasteiger partial charge in [0.2, 0.25) is 5.52 Å². The van der Waals surface area contributed by atoms with E-state index in [2.05, 4.69) is 108 Å². The Bertz CT molecular complexity index is 1440. The number of thiazole rings is 1. The lowest BCUT2D eigenvalue weighted by atomic mass is 10.1. The molecule has 0 saturated carbocycles. The molecule has 184 valence electrons. The zero-order chi connectivity index (χ0) is 24.2. The summed E-state index contributed by atoms with van der Waals surface area (Å²) in [6, 6.07) is 23.5. The summed E-state index contributed by atoms with van der Waals surface area (Å²) in [7, 11) is 1.72. The van der Waals surface area contributed by atoms with Crippen LogP contribution in [0.5, 0.6) is 5.75 Å². The molecule has 3 nitrogen and oxygen atoms in total. The molecule has 4 aromatic rings. The molecule has 0 bridgehead atoms. The topological polar surface area (TPSA) is 16.4 Å². The van der Waals surface area contributed by atoms with Crippen molar-refractivity contribution in [1.82, 2.24) is 0 Å². The third kappa shape index (κ3) is 5.56. The second-order valence-electron chi connectivity index (χ2n) is 8.20. The van der Waals surface area contributed by atoms with Crippen LogP contribution in [0.15, 0.2) is 88.8 Å². The standard InChI is InChI=1S/C30H29N2OS2.HI/c1-4-31-25-18-16-23(15-14-22-10-7-6-8-11-22)20-28(25)35-29(31)12-9-13-30-32(5-2)26-21-24(33-3)17-19-27(26)34-30;/h6-21H,4-5H2,1-3H3;1H/q+1;/p-1/b15-14+;. The van der Waals surface area contributed by atoms with E-state index < -0.39 is 0 Å². The summed E-state index contributed by atoms with van der Waals surface area (Å²) >= 11 is 3.65. The normalized spacial score (nSPS) is 14.2. The lowest BCUT2D eigenvalue weighted by Gasteiger charge is -2.18. The number of thioether (sulfide) groups is 1. The molecule has 2 heterocycles. The van der Waals surface area contributed by atoms with Gasteiger partial charge in [0.05, 0.1) is 17.8 Å². The molecule has 1 aromatic heterocycles. The van der Waals surface area contributed by atoms with Crippen LogP contribution >= 0.6 is 23.1 Å². The average molecular weight is 625 g/mol. The smallest absolute Gasteiger partial charge is 0.262 e. The van der Waals surface area contributed by atoms with Crippen molar-refractivity contribution in [2.24, 2.45) is 0 Å². The zero-order valence-corrected chi connectivity index (χ0v) is 24.4. The van der Waals surface area contributed by atoms with Gasteiger partial charge in [-0.3, -0.25) is 0 Å². The number of allylic oxidation sites excluding steroid dienone is 2. The van der Waals surface area contributed by atoms with Gasteiger partial charge in [0.25, 0.3) is 5.01 Å². The van der Waals surface area contributed by atoms with E-state index in [1.807, 2.05) is 35.2 Å². The van der Waals surface area contributed by atoms with Crippen molar-refractivity contribution in [3.8, 4) is 5.75 Å². The molecule has 0 radical (unpaired) electrons. The zero-order valence-electron chi connectivity index (χ0n) is 20.6. The maximum Gasteiger partial charge on any atom is 0.262 e. The summed E-state index contributed by atoms with van der Waals surface area (Å²) < 4.78 is 9.12. The fourth-order valence-electron chi connectivity index (χ4n) is 4.30. The molecule has 0 atom stereocenters. The molecule has 0 amide bonds. The second-order valence-corrected chi connectivity index (χ2v) is 10.3. The van der Waals surface area contributed by atoms with Crippen LogP contribution in [-0.2, 0) is 6.54 Å². The molecular weight excluding hydrogens is 595 g/mol. The highest BCUT2D eigenvalue weighted by molar-refractivity contribution is 8.03. The minimum atomic E-state index is 0. The SMILES string of the molecule is CCN1C(=CC=Cc2sc3cc(/C=C/c4ccccc4)ccc3[n+]2CC)Sc2ccc(OC)cc21.[I-]. The number of methoxy groups -OCH3 is 1. The highest BCUT2D eigenvalue weighted by atomic mass is 127. The third-order valence-electron chi connectivity index (χ3n) is 6.07. The van der Waals surface area contributed by atoms with Gasteiger partial charge in [0.15, 0.2) is 0 Å². The Morgan fingerprint density at radius 2 is 1.72 bits per heavy atom. The monoisotopic (exact) mass is 624 g/mol. The molecular formula is C30H29IN2OS2. The van der Waals surface area contributed by atoms with Crippen molar-refractivity contribution in [3.05, 3.63) is 100 Å². The van der Waals surface area contributed by atoms with Crippen LogP contribution in [-0.4, -0.2) is 13.7 Å². The molecule has 36 heavy (non-hydrogen) atoms. The summed E-state index contributed by atoms with van der Waals surface area (Å²) in [4.78, 5) is 3.62. The first-order valence-electron chi connectivity index (χ1n) is 11.9. The Morgan fingerprint density at radius 1 is 0.917 bits per heavy atom. The van der Waals surface area contributed by atoms with E-state index in [9.17, 15) is 0 Å². The number of rotatable bonds is 7. The maximum absolute atomic E-state index is 5.43. The molecule has 0 fully saturated rings. The Labute approximate surface area is 238 Å². The van der Waals surface area contributed by atoms with E-state index in [0.29, 0.717) is 0 Å². The number of halogens is 1. The number of fused-ring (bicyclic) bond motifs is 2. The summed E-state index contributed by atoms with van der Waals surface area (Å²) in [5.41, 5.74) is 4.94. The van der Waals surface area contributed by atoms with Crippen LogP contribution < -0.4 is 38.2 Å². The van der Waals surface area contributed by atoms with Crippen molar-refractivity contribution in [3.63, 3.8) is 0 Å². The number of benzene rings is 3. The fraction of sp³-hybridized carbons (Fsp3) is 0.167. The van der Waals surface area contributed by atoms with Crippen LogP contribution in [0.2, 0.25) is 0 Å². The largest absolute Gasteiger partial charge is 1.00 e. The summed E-state index contributed by atoms with van der Waals surface area (Å²) in [6.45, 7) is 6.26. The van der Waals surface area contributed by atoms with Crippen LogP contribution in [0.1, 0.15) is 30.0 Å². The van der Waals surface area contributed by atoms with E-state index in [0.717, 1.165) is 18.8 Å². The van der Waals surface area contributed by atoms with E-state index >= 15 is 0 Å². The molecule has 0 saturated heterocycles. The maximum atomic E-state index is 5.43. The lowest BCUT2D eigenvalue weighted by molar-refractivity contribution is -0.665. The Kier molecular flexibility index (Phi) is 8.93. The van der Waals surface area contributed by atoms with Gasteiger partial charge in [0.1, 0.15) is 17.0 Å². The first-order valence-corrected chi connectivity index (χ1v) is 13.5. The van der Waals surface area contributed by atoms with Crippen molar-refractivity contribution in [1.29, 1.82) is 0 Å². The fourth-order valence-corrected chi connectivity index (χ4v) is 6.61. The first kappa shape index (κ1) is 26.5. The minimum Gasteiger partial charge on any atom is -1.00 e. The van der Waals surface area contributed by atoms with Crippen LogP contribution in [0, 0.1) is 0 Å².